The van der Waals surface area contributed by atoms with Crippen LogP contribution < -0.4 is 10.7 Å². The molecule has 3 aliphatic rings. The van der Waals surface area contributed by atoms with E-state index >= 15 is 0 Å². The van der Waals surface area contributed by atoms with Crippen molar-refractivity contribution < 1.29 is 57.2 Å². The number of oxazole rings is 1. The zero-order valence-electron chi connectivity index (χ0n) is 36.6. The van der Waals surface area contributed by atoms with Crippen LogP contribution in [-0.4, -0.2) is 131 Å². The average molecular weight is 842 g/mol. The number of ketones is 2. The molecule has 0 saturated carbocycles. The minimum absolute atomic E-state index is 0.157. The first kappa shape index (κ1) is 46.6. The summed E-state index contributed by atoms with van der Waals surface area (Å²) in [4.78, 5) is 75.6. The highest BCUT2D eigenvalue weighted by Gasteiger charge is 2.57. The Hall–Kier alpha value is -4.42. The molecule has 0 radical (unpaired) electrons. The molecule has 0 spiro atoms. The molecule has 3 aliphatic heterocycles. The van der Waals surface area contributed by atoms with Crippen molar-refractivity contribution in [2.45, 2.75) is 135 Å². The average Bonchev–Trinajstić information content (AvgIpc) is 3.85. The van der Waals surface area contributed by atoms with Gasteiger partial charge in [-0.3, -0.25) is 19.8 Å². The van der Waals surface area contributed by atoms with Crippen molar-refractivity contribution in [1.29, 1.82) is 0 Å². The summed E-state index contributed by atoms with van der Waals surface area (Å²) in [5, 5.41) is 15.9. The van der Waals surface area contributed by atoms with Crippen LogP contribution in [0, 0.1) is 23.7 Å². The zero-order chi connectivity index (χ0) is 44.3. The topological polar surface area (TPSA) is 208 Å². The Bertz CT molecular complexity index is 1830. The van der Waals surface area contributed by atoms with E-state index in [1.54, 1.807) is 59.8 Å². The molecule has 0 aliphatic carbocycles. The van der Waals surface area contributed by atoms with Crippen molar-refractivity contribution in [3.63, 3.8) is 0 Å². The van der Waals surface area contributed by atoms with Gasteiger partial charge in [0.2, 0.25) is 5.89 Å². The van der Waals surface area contributed by atoms with E-state index in [2.05, 4.69) is 15.7 Å². The molecule has 3 saturated heterocycles. The molecule has 0 bridgehead atoms. The molecule has 332 valence electrons. The number of aliphatic hydroxyl groups excluding tert-OH is 1. The highest BCUT2D eigenvalue weighted by molar-refractivity contribution is 6.00. The predicted molar refractivity (Wildman–Crippen MR) is 217 cm³/mol. The number of hydrazine groups is 1. The number of ether oxygens (including phenoxy) is 5. The number of amides is 2. The first-order valence-corrected chi connectivity index (χ1v) is 20.8. The number of cyclic esters (lactones) is 1. The summed E-state index contributed by atoms with van der Waals surface area (Å²) in [5.41, 5.74) is 1.35. The number of hydrogen-bond donors (Lipinski definition) is 3. The molecule has 17 nitrogen and oxygen atoms in total. The van der Waals surface area contributed by atoms with Gasteiger partial charge in [-0.25, -0.2) is 19.6 Å². The number of likely N-dealkylation sites (N-methyl/N-ethyl adjacent to an activating group) is 2. The number of carbonyl (C=O) groups excluding carboxylic acids is 5. The molecule has 4 heterocycles. The maximum atomic E-state index is 14.5. The van der Waals surface area contributed by atoms with Gasteiger partial charge in [-0.05, 0) is 85.2 Å². The van der Waals surface area contributed by atoms with Crippen LogP contribution in [0.1, 0.15) is 80.2 Å². The molecular weight excluding hydrogens is 778 g/mol. The lowest BCUT2D eigenvalue weighted by atomic mass is 9.73. The van der Waals surface area contributed by atoms with Crippen LogP contribution in [-0.2, 0) is 44.5 Å². The molecule has 13 atom stereocenters. The van der Waals surface area contributed by atoms with Gasteiger partial charge in [0, 0.05) is 43.0 Å². The van der Waals surface area contributed by atoms with Gasteiger partial charge in [0.25, 0.3) is 0 Å². The van der Waals surface area contributed by atoms with Crippen LogP contribution in [0.25, 0.3) is 11.5 Å². The summed E-state index contributed by atoms with van der Waals surface area (Å²) in [7, 11) is 5.32. The van der Waals surface area contributed by atoms with E-state index in [9.17, 15) is 29.1 Å². The second-order valence-electron chi connectivity index (χ2n) is 17.4. The number of benzene rings is 1. The molecule has 17 heteroatoms. The van der Waals surface area contributed by atoms with Crippen LogP contribution in [0.4, 0.5) is 9.59 Å². The van der Waals surface area contributed by atoms with Crippen molar-refractivity contribution >= 4 is 29.7 Å². The van der Waals surface area contributed by atoms with Gasteiger partial charge in [-0.2, -0.15) is 0 Å². The second-order valence-corrected chi connectivity index (χ2v) is 17.4. The predicted octanol–water partition coefficient (Wildman–Crippen LogP) is 4.30. The lowest BCUT2D eigenvalue weighted by molar-refractivity contribution is -0.292. The number of alkyl carbamates (subject to hydrolysis) is 1. The highest BCUT2D eigenvalue weighted by atomic mass is 16.7. The molecule has 5 rings (SSSR count). The van der Waals surface area contributed by atoms with Gasteiger partial charge in [-0.1, -0.05) is 39.8 Å². The number of Topliss-reactive ketones (excluding diaryl/α,β-unsaturated/α-hetero) is 2. The Morgan fingerprint density at radius 2 is 1.70 bits per heavy atom. The molecular formula is C43H63N5O12. The molecule has 3 N–H and O–H groups in total. The normalized spacial score (nSPS) is 35.6. The van der Waals surface area contributed by atoms with E-state index in [0.717, 1.165) is 11.1 Å². The van der Waals surface area contributed by atoms with Gasteiger partial charge < -0.3 is 43.4 Å². The zero-order valence-corrected chi connectivity index (χ0v) is 36.6. The summed E-state index contributed by atoms with van der Waals surface area (Å²) in [6.45, 7) is 13.5. The highest BCUT2D eigenvalue weighted by Crippen LogP contribution is 2.40. The number of carbonyl (C=O) groups is 5. The third-order valence-corrected chi connectivity index (χ3v) is 12.4. The van der Waals surface area contributed by atoms with Gasteiger partial charge in [0.05, 0.1) is 18.3 Å². The molecule has 3 fully saturated rings. The van der Waals surface area contributed by atoms with Crippen LogP contribution in [0.3, 0.4) is 0 Å². The van der Waals surface area contributed by atoms with E-state index in [-0.39, 0.29) is 30.8 Å². The van der Waals surface area contributed by atoms with Crippen molar-refractivity contribution in [3.05, 3.63) is 42.3 Å². The number of esters is 1. The largest absolute Gasteiger partial charge is 0.458 e. The standard InChI is InChI=1S/C43H63N5O12/c1-12-31-43(8)35(45-40(53)60-43)25(4)32(49)23(2)22-42(7,59-41(54)46-48(11)19-17-28-13-15-29(16-14-28)37-44-18-20-55-37)36(26(5)33(50)27(6)38(52)57-31)58-39-34(51)30(47(9)10)21-24(3)56-39/h13-16,18,20,23-27,30-31,34-36,39,51H,12,17,19,21-22H2,1-11H3,(H,45,53)(H,46,54)/t23-,24-,25+,26+,27-,30+,31-,34-,35-,36-,39+,42-,43-/m1/s1. The fourth-order valence-electron chi connectivity index (χ4n) is 9.01. The van der Waals surface area contributed by atoms with Crippen LogP contribution >= 0.6 is 0 Å². The van der Waals surface area contributed by atoms with Crippen LogP contribution in [0.15, 0.2) is 41.1 Å². The number of hydrogen-bond acceptors (Lipinski definition) is 15. The molecule has 2 amide bonds. The monoisotopic (exact) mass is 841 g/mol. The van der Waals surface area contributed by atoms with Crippen molar-refractivity contribution in [2.24, 2.45) is 23.7 Å². The van der Waals surface area contributed by atoms with E-state index in [4.69, 9.17) is 28.1 Å². The maximum Gasteiger partial charge on any atom is 0.422 e. The van der Waals surface area contributed by atoms with Crippen molar-refractivity contribution in [1.82, 2.24) is 25.6 Å². The van der Waals surface area contributed by atoms with Crippen LogP contribution in [0.2, 0.25) is 0 Å². The van der Waals surface area contributed by atoms with Gasteiger partial charge in [0.15, 0.2) is 17.7 Å². The Balaban J connectivity index is 1.48. The Morgan fingerprint density at radius 1 is 1.02 bits per heavy atom. The minimum Gasteiger partial charge on any atom is -0.458 e. The minimum atomic E-state index is -1.76. The lowest BCUT2D eigenvalue weighted by Gasteiger charge is -2.47. The number of aliphatic hydroxyl groups is 1. The van der Waals surface area contributed by atoms with Gasteiger partial charge >= 0.3 is 18.2 Å². The first-order chi connectivity index (χ1) is 28.2. The summed E-state index contributed by atoms with van der Waals surface area (Å²) in [6.07, 6.45) is -2.66. The molecule has 1 aromatic carbocycles. The Labute approximate surface area is 352 Å². The van der Waals surface area contributed by atoms with Gasteiger partial charge in [-0.15, -0.1) is 0 Å². The lowest BCUT2D eigenvalue weighted by Crippen LogP contribution is -2.61. The van der Waals surface area contributed by atoms with Crippen LogP contribution in [0.5, 0.6) is 0 Å². The number of nitrogens with one attached hydrogen (secondary N) is 2. The number of aromatic nitrogens is 1. The number of fused-ring (bicyclic) bond motifs is 1. The number of nitrogens with zero attached hydrogens (tertiary/aromatic N) is 3. The smallest absolute Gasteiger partial charge is 0.422 e. The van der Waals surface area contributed by atoms with Gasteiger partial charge in [0.1, 0.15) is 41.9 Å². The summed E-state index contributed by atoms with van der Waals surface area (Å²) < 4.78 is 36.2. The Morgan fingerprint density at radius 3 is 2.32 bits per heavy atom. The molecule has 1 aromatic heterocycles. The molecule has 0 unspecified atom stereocenters. The van der Waals surface area contributed by atoms with E-state index in [0.29, 0.717) is 25.3 Å². The third kappa shape index (κ3) is 10.2. The fraction of sp³-hybridized carbons (Fsp3) is 0.674. The Kier molecular flexibility index (Phi) is 14.8. The third-order valence-electron chi connectivity index (χ3n) is 12.4. The maximum absolute atomic E-state index is 14.5. The molecule has 60 heavy (non-hydrogen) atoms. The van der Waals surface area contributed by atoms with E-state index < -0.39 is 89.5 Å². The van der Waals surface area contributed by atoms with E-state index in [1.807, 2.05) is 50.2 Å². The fourth-order valence-corrected chi connectivity index (χ4v) is 9.01. The van der Waals surface area contributed by atoms with E-state index in [1.165, 1.54) is 13.2 Å². The second kappa shape index (κ2) is 19.1. The number of rotatable bonds is 10. The summed E-state index contributed by atoms with van der Waals surface area (Å²) >= 11 is 0. The van der Waals surface area contributed by atoms with Crippen molar-refractivity contribution in [3.8, 4) is 11.5 Å². The summed E-state index contributed by atoms with van der Waals surface area (Å²) in [6, 6.07) is 6.38. The quantitative estimate of drug-likeness (QED) is 0.132. The first-order valence-electron chi connectivity index (χ1n) is 20.8. The van der Waals surface area contributed by atoms with Crippen molar-refractivity contribution in [2.75, 3.05) is 27.7 Å². The summed E-state index contributed by atoms with van der Waals surface area (Å²) in [5.74, 6) is -5.49. The SMILES string of the molecule is CC[C@H]1OC(=O)[C@H](C)C(=O)[C@H](C)[C@@H](O[C@@H]2O[C@H](C)C[C@H](N(C)C)[C@H]2O)[C@](C)(OC(=O)NN(C)CCc2ccc(-c3ncco3)cc2)C[C@@H](C)C(=O)[C@H](C)[C@H]2NC(=O)O[C@@]21C. The molecule has 2 aromatic rings.